The summed E-state index contributed by atoms with van der Waals surface area (Å²) < 4.78 is 0. The first-order chi connectivity index (χ1) is 10.1. The number of rotatable bonds is 4. The number of carbonyl (C=O) groups is 1. The minimum absolute atomic E-state index is 0.271. The standard InChI is InChI=1S/C18H26N2O/c1-4-18(21)19-13-15(2)20(16(3)14-19)12-8-11-17-9-6-5-7-10-17/h5-11,15-16H,4,12-14H2,1-3H3/b11-8+. The molecule has 2 rings (SSSR count). The Hall–Kier alpha value is -1.61. The number of nitrogens with zero attached hydrogens (tertiary/aromatic N) is 2. The maximum absolute atomic E-state index is 11.9. The van der Waals surface area contributed by atoms with Crippen molar-refractivity contribution < 1.29 is 4.79 Å². The molecule has 0 bridgehead atoms. The number of hydrogen-bond acceptors (Lipinski definition) is 2. The predicted molar refractivity (Wildman–Crippen MR) is 88.0 cm³/mol. The van der Waals surface area contributed by atoms with E-state index in [0.717, 1.165) is 19.6 Å². The minimum Gasteiger partial charge on any atom is -0.340 e. The maximum atomic E-state index is 11.9. The van der Waals surface area contributed by atoms with Gasteiger partial charge >= 0.3 is 0 Å². The highest BCUT2D eigenvalue weighted by molar-refractivity contribution is 5.76. The van der Waals surface area contributed by atoms with E-state index in [1.54, 1.807) is 0 Å². The number of piperazine rings is 1. The monoisotopic (exact) mass is 286 g/mol. The van der Waals surface area contributed by atoms with Gasteiger partial charge in [-0.1, -0.05) is 49.4 Å². The van der Waals surface area contributed by atoms with Crippen molar-refractivity contribution in [1.82, 2.24) is 9.80 Å². The lowest BCUT2D eigenvalue weighted by atomic mass is 10.1. The van der Waals surface area contributed by atoms with E-state index < -0.39 is 0 Å². The van der Waals surface area contributed by atoms with Crippen LogP contribution in [0, 0.1) is 0 Å². The highest BCUT2D eigenvalue weighted by Crippen LogP contribution is 2.16. The average molecular weight is 286 g/mol. The quantitative estimate of drug-likeness (QED) is 0.849. The molecule has 21 heavy (non-hydrogen) atoms. The van der Waals surface area contributed by atoms with E-state index in [0.29, 0.717) is 18.5 Å². The molecule has 0 radical (unpaired) electrons. The molecule has 0 spiro atoms. The summed E-state index contributed by atoms with van der Waals surface area (Å²) in [6, 6.07) is 11.2. The summed E-state index contributed by atoms with van der Waals surface area (Å²) in [5, 5.41) is 0. The molecule has 0 aliphatic carbocycles. The Morgan fingerprint density at radius 3 is 2.38 bits per heavy atom. The smallest absolute Gasteiger partial charge is 0.222 e. The van der Waals surface area contributed by atoms with Crippen LogP contribution in [0.25, 0.3) is 6.08 Å². The van der Waals surface area contributed by atoms with Crippen molar-refractivity contribution in [2.24, 2.45) is 0 Å². The lowest BCUT2D eigenvalue weighted by Crippen LogP contribution is -2.57. The zero-order valence-electron chi connectivity index (χ0n) is 13.3. The topological polar surface area (TPSA) is 23.6 Å². The highest BCUT2D eigenvalue weighted by Gasteiger charge is 2.30. The van der Waals surface area contributed by atoms with Crippen LogP contribution in [0.1, 0.15) is 32.8 Å². The summed E-state index contributed by atoms with van der Waals surface area (Å²) >= 11 is 0. The second-order valence-electron chi connectivity index (χ2n) is 5.86. The van der Waals surface area contributed by atoms with Gasteiger partial charge in [-0.3, -0.25) is 9.69 Å². The van der Waals surface area contributed by atoms with Crippen LogP contribution in [0.3, 0.4) is 0 Å². The van der Waals surface area contributed by atoms with Crippen LogP contribution in [-0.2, 0) is 4.79 Å². The molecule has 3 nitrogen and oxygen atoms in total. The Balaban J connectivity index is 1.92. The van der Waals surface area contributed by atoms with Crippen LogP contribution >= 0.6 is 0 Å². The van der Waals surface area contributed by atoms with Crippen LogP contribution in [0.5, 0.6) is 0 Å². The van der Waals surface area contributed by atoms with Crippen molar-refractivity contribution in [1.29, 1.82) is 0 Å². The molecule has 1 saturated heterocycles. The maximum Gasteiger partial charge on any atom is 0.222 e. The van der Waals surface area contributed by atoms with Gasteiger partial charge in [0.1, 0.15) is 0 Å². The fraction of sp³-hybridized carbons (Fsp3) is 0.500. The number of carbonyl (C=O) groups excluding carboxylic acids is 1. The molecule has 0 N–H and O–H groups in total. The van der Waals surface area contributed by atoms with E-state index in [-0.39, 0.29) is 5.91 Å². The van der Waals surface area contributed by atoms with Gasteiger partial charge in [-0.2, -0.15) is 0 Å². The van der Waals surface area contributed by atoms with E-state index in [9.17, 15) is 4.79 Å². The molecule has 1 aromatic rings. The lowest BCUT2D eigenvalue weighted by Gasteiger charge is -2.44. The number of hydrogen-bond donors (Lipinski definition) is 0. The Bertz CT molecular complexity index is 471. The minimum atomic E-state index is 0.271. The second kappa shape index (κ2) is 7.41. The number of benzene rings is 1. The van der Waals surface area contributed by atoms with Crippen molar-refractivity contribution in [3.8, 4) is 0 Å². The molecule has 1 aliphatic heterocycles. The van der Waals surface area contributed by atoms with Crippen LogP contribution in [-0.4, -0.2) is 47.4 Å². The molecule has 1 aromatic carbocycles. The van der Waals surface area contributed by atoms with E-state index >= 15 is 0 Å². The molecule has 1 amide bonds. The summed E-state index contributed by atoms with van der Waals surface area (Å²) in [5.74, 6) is 0.271. The van der Waals surface area contributed by atoms with Gasteiger partial charge in [0.05, 0.1) is 0 Å². The predicted octanol–water partition coefficient (Wildman–Crippen LogP) is 3.03. The Morgan fingerprint density at radius 1 is 1.19 bits per heavy atom. The molecular formula is C18H26N2O. The summed E-state index contributed by atoms with van der Waals surface area (Å²) in [6.07, 6.45) is 5.00. The molecule has 2 atom stereocenters. The molecule has 3 heteroatoms. The van der Waals surface area contributed by atoms with Crippen molar-refractivity contribution >= 4 is 12.0 Å². The third-order valence-electron chi connectivity index (χ3n) is 4.18. The summed E-state index contributed by atoms with van der Waals surface area (Å²) in [4.78, 5) is 16.3. The van der Waals surface area contributed by atoms with Crippen LogP contribution in [0.2, 0.25) is 0 Å². The lowest BCUT2D eigenvalue weighted by molar-refractivity contribution is -0.135. The first-order valence-electron chi connectivity index (χ1n) is 7.87. The molecule has 0 saturated carbocycles. The molecule has 0 aromatic heterocycles. The normalized spacial score (nSPS) is 23.7. The second-order valence-corrected chi connectivity index (χ2v) is 5.86. The highest BCUT2D eigenvalue weighted by atomic mass is 16.2. The van der Waals surface area contributed by atoms with Crippen LogP contribution in [0.4, 0.5) is 0 Å². The number of amides is 1. The van der Waals surface area contributed by atoms with Crippen LogP contribution < -0.4 is 0 Å². The Labute approximate surface area is 128 Å². The zero-order chi connectivity index (χ0) is 15.2. The molecular weight excluding hydrogens is 260 g/mol. The Morgan fingerprint density at radius 2 is 1.81 bits per heavy atom. The van der Waals surface area contributed by atoms with Gasteiger partial charge in [-0.15, -0.1) is 0 Å². The van der Waals surface area contributed by atoms with Crippen molar-refractivity contribution in [2.75, 3.05) is 19.6 Å². The van der Waals surface area contributed by atoms with Gasteiger partial charge in [-0.25, -0.2) is 0 Å². The van der Waals surface area contributed by atoms with Gasteiger partial charge in [0.15, 0.2) is 0 Å². The first-order valence-corrected chi connectivity index (χ1v) is 7.87. The third kappa shape index (κ3) is 4.18. The summed E-state index contributed by atoms with van der Waals surface area (Å²) in [6.45, 7) is 8.98. The van der Waals surface area contributed by atoms with Gasteiger partial charge in [0, 0.05) is 38.1 Å². The van der Waals surface area contributed by atoms with E-state index in [1.807, 2.05) is 17.9 Å². The van der Waals surface area contributed by atoms with Crippen molar-refractivity contribution in [3.05, 3.63) is 42.0 Å². The SMILES string of the molecule is CCC(=O)N1CC(C)N(C/C=C/c2ccccc2)C(C)C1. The molecule has 1 aliphatic rings. The van der Waals surface area contributed by atoms with Crippen molar-refractivity contribution in [3.63, 3.8) is 0 Å². The Kier molecular flexibility index (Phi) is 5.57. The zero-order valence-corrected chi connectivity index (χ0v) is 13.3. The van der Waals surface area contributed by atoms with Crippen molar-refractivity contribution in [2.45, 2.75) is 39.3 Å². The average Bonchev–Trinajstić information content (AvgIpc) is 2.50. The largest absolute Gasteiger partial charge is 0.340 e. The van der Waals surface area contributed by atoms with E-state index in [4.69, 9.17) is 0 Å². The molecule has 1 fully saturated rings. The van der Waals surface area contributed by atoms with Gasteiger partial charge < -0.3 is 4.90 Å². The summed E-state index contributed by atoms with van der Waals surface area (Å²) in [5.41, 5.74) is 1.23. The fourth-order valence-electron chi connectivity index (χ4n) is 3.02. The van der Waals surface area contributed by atoms with Crippen LogP contribution in [0.15, 0.2) is 36.4 Å². The van der Waals surface area contributed by atoms with Gasteiger partial charge in [0.2, 0.25) is 5.91 Å². The van der Waals surface area contributed by atoms with E-state index in [1.165, 1.54) is 5.56 Å². The molecule has 114 valence electrons. The summed E-state index contributed by atoms with van der Waals surface area (Å²) in [7, 11) is 0. The third-order valence-corrected chi connectivity index (χ3v) is 4.18. The first kappa shape index (κ1) is 15.8. The molecule has 2 unspecified atom stereocenters. The van der Waals surface area contributed by atoms with Gasteiger partial charge in [0.25, 0.3) is 0 Å². The van der Waals surface area contributed by atoms with E-state index in [2.05, 4.69) is 55.2 Å². The fourth-order valence-corrected chi connectivity index (χ4v) is 3.02. The molecule has 1 heterocycles. The van der Waals surface area contributed by atoms with Gasteiger partial charge in [-0.05, 0) is 19.4 Å².